The third-order valence-electron chi connectivity index (χ3n) is 3.41. The van der Waals surface area contributed by atoms with Crippen LogP contribution in [0.5, 0.6) is 5.75 Å². The number of rotatable bonds is 5. The van der Waals surface area contributed by atoms with Gasteiger partial charge in [0.2, 0.25) is 0 Å². The smallest absolute Gasteiger partial charge is 0.118 e. The monoisotopic (exact) mass is 275 g/mol. The van der Waals surface area contributed by atoms with E-state index >= 15 is 0 Å². The molecule has 2 nitrogen and oxygen atoms in total. The van der Waals surface area contributed by atoms with E-state index in [9.17, 15) is 0 Å². The zero-order valence-corrected chi connectivity index (χ0v) is 12.9. The molecule has 2 rings (SSSR count). The first-order chi connectivity index (χ1) is 9.26. The van der Waals surface area contributed by atoms with Gasteiger partial charge >= 0.3 is 0 Å². The summed E-state index contributed by atoms with van der Waals surface area (Å²) in [5.41, 5.74) is 3.82. The number of unbranched alkanes of at least 4 members (excludes halogenated alkanes) is 1. The molecule has 19 heavy (non-hydrogen) atoms. The van der Waals surface area contributed by atoms with E-state index in [4.69, 9.17) is 4.74 Å². The van der Waals surface area contributed by atoms with Gasteiger partial charge < -0.3 is 9.64 Å². The van der Waals surface area contributed by atoms with Crippen LogP contribution in [0.1, 0.15) is 25.3 Å². The highest BCUT2D eigenvalue weighted by atomic mass is 31.0. The summed E-state index contributed by atoms with van der Waals surface area (Å²) in [5.74, 6) is 0.900. The highest BCUT2D eigenvalue weighted by Gasteiger charge is 2.13. The van der Waals surface area contributed by atoms with Crippen LogP contribution in [0.25, 0.3) is 5.57 Å². The van der Waals surface area contributed by atoms with Crippen LogP contribution < -0.4 is 4.74 Å². The molecule has 1 unspecified atom stereocenters. The Morgan fingerprint density at radius 3 is 2.63 bits per heavy atom. The lowest BCUT2D eigenvalue weighted by atomic mass is 10.0. The summed E-state index contributed by atoms with van der Waals surface area (Å²) in [6, 6.07) is 8.26. The van der Waals surface area contributed by atoms with Gasteiger partial charge in [0.25, 0.3) is 0 Å². The Morgan fingerprint density at radius 1 is 1.26 bits per heavy atom. The summed E-state index contributed by atoms with van der Waals surface area (Å²) < 4.78 is 5.21. The fourth-order valence-electron chi connectivity index (χ4n) is 2.23. The van der Waals surface area contributed by atoms with Gasteiger partial charge in [0, 0.05) is 24.1 Å². The molecule has 1 aromatic carbocycles. The lowest BCUT2D eigenvalue weighted by Gasteiger charge is -2.29. The van der Waals surface area contributed by atoms with Crippen molar-refractivity contribution in [2.24, 2.45) is 0 Å². The summed E-state index contributed by atoms with van der Waals surface area (Å²) in [6.45, 7) is 4.37. The molecule has 0 saturated heterocycles. The minimum Gasteiger partial charge on any atom is -0.497 e. The summed E-state index contributed by atoms with van der Waals surface area (Å²) in [7, 11) is 4.60. The maximum Gasteiger partial charge on any atom is 0.118 e. The summed E-state index contributed by atoms with van der Waals surface area (Å²) in [5, 5.41) is 0. The quantitative estimate of drug-likeness (QED) is 0.755. The van der Waals surface area contributed by atoms with Gasteiger partial charge in [-0.05, 0) is 24.1 Å². The van der Waals surface area contributed by atoms with E-state index in [2.05, 4.69) is 45.3 Å². The standard InChI is InChI=1S/C16H22NOP/c1-3-4-11-17-12-5-6-15(16(17)19)13-7-9-14(18-2)10-8-13/h5-10H,3-4,11-12,19H2,1-2H3. The summed E-state index contributed by atoms with van der Waals surface area (Å²) in [4.78, 5) is 2.42. The molecule has 1 aromatic rings. The van der Waals surface area contributed by atoms with E-state index < -0.39 is 0 Å². The predicted molar refractivity (Wildman–Crippen MR) is 85.2 cm³/mol. The molecule has 0 fully saturated rings. The van der Waals surface area contributed by atoms with Crippen LogP contribution in [0.15, 0.2) is 41.9 Å². The molecule has 0 radical (unpaired) electrons. The van der Waals surface area contributed by atoms with Gasteiger partial charge in [0.05, 0.1) is 7.11 Å². The number of ether oxygens (including phenoxy) is 1. The van der Waals surface area contributed by atoms with E-state index in [1.165, 1.54) is 29.4 Å². The van der Waals surface area contributed by atoms with E-state index in [1.807, 2.05) is 12.1 Å². The first-order valence-corrected chi connectivity index (χ1v) is 7.39. The van der Waals surface area contributed by atoms with Crippen molar-refractivity contribution in [3.05, 3.63) is 47.4 Å². The van der Waals surface area contributed by atoms with Gasteiger partial charge in [-0.1, -0.05) is 46.9 Å². The van der Waals surface area contributed by atoms with Crippen LogP contribution in [0.2, 0.25) is 0 Å². The van der Waals surface area contributed by atoms with Gasteiger partial charge in [-0.15, -0.1) is 0 Å². The van der Waals surface area contributed by atoms with Crippen molar-refractivity contribution >= 4 is 14.8 Å². The lowest BCUT2D eigenvalue weighted by Crippen LogP contribution is -2.24. The van der Waals surface area contributed by atoms with Crippen LogP contribution in [-0.2, 0) is 0 Å². The van der Waals surface area contributed by atoms with Crippen LogP contribution in [0.4, 0.5) is 0 Å². The first kappa shape index (κ1) is 14.1. The Balaban J connectivity index is 2.22. The molecule has 1 atom stereocenters. The van der Waals surface area contributed by atoms with Crippen molar-refractivity contribution in [2.45, 2.75) is 19.8 Å². The Morgan fingerprint density at radius 2 is 2.00 bits per heavy atom. The average Bonchev–Trinajstić information content (AvgIpc) is 2.46. The van der Waals surface area contributed by atoms with Crippen molar-refractivity contribution in [3.8, 4) is 5.75 Å². The minimum absolute atomic E-state index is 0.900. The molecular formula is C16H22NOP. The Labute approximate surface area is 118 Å². The minimum atomic E-state index is 0.900. The second-order valence-corrected chi connectivity index (χ2v) is 5.28. The molecular weight excluding hydrogens is 253 g/mol. The molecule has 1 aliphatic heterocycles. The van der Waals surface area contributed by atoms with Gasteiger partial charge in [-0.3, -0.25) is 0 Å². The molecule has 0 N–H and O–H groups in total. The van der Waals surface area contributed by atoms with E-state index in [0.717, 1.165) is 18.8 Å². The van der Waals surface area contributed by atoms with Crippen LogP contribution in [0.3, 0.4) is 0 Å². The van der Waals surface area contributed by atoms with Gasteiger partial charge in [-0.25, -0.2) is 0 Å². The van der Waals surface area contributed by atoms with Crippen LogP contribution in [-0.4, -0.2) is 25.1 Å². The fourth-order valence-corrected chi connectivity index (χ4v) is 2.72. The molecule has 0 aliphatic carbocycles. The SMILES string of the molecule is CCCCN1CC=CC(c2ccc(OC)cc2)=C1P. The summed E-state index contributed by atoms with van der Waals surface area (Å²) in [6.07, 6.45) is 6.92. The number of methoxy groups -OCH3 is 1. The zero-order chi connectivity index (χ0) is 13.7. The first-order valence-electron chi connectivity index (χ1n) is 6.82. The van der Waals surface area contributed by atoms with Crippen LogP contribution >= 0.6 is 9.24 Å². The average molecular weight is 275 g/mol. The highest BCUT2D eigenvalue weighted by molar-refractivity contribution is 7.22. The largest absolute Gasteiger partial charge is 0.497 e. The molecule has 102 valence electrons. The third-order valence-corrected chi connectivity index (χ3v) is 4.09. The van der Waals surface area contributed by atoms with E-state index in [-0.39, 0.29) is 0 Å². The fraction of sp³-hybridized carbons (Fsp3) is 0.375. The number of nitrogens with zero attached hydrogens (tertiary/aromatic N) is 1. The van der Waals surface area contributed by atoms with E-state index in [1.54, 1.807) is 7.11 Å². The van der Waals surface area contributed by atoms with E-state index in [0.29, 0.717) is 0 Å². The second kappa shape index (κ2) is 6.77. The maximum absolute atomic E-state index is 5.21. The molecule has 1 aliphatic rings. The Kier molecular flexibility index (Phi) is 5.04. The molecule has 0 spiro atoms. The van der Waals surface area contributed by atoms with Crippen molar-refractivity contribution < 1.29 is 4.74 Å². The third kappa shape index (κ3) is 3.39. The molecule has 3 heteroatoms. The number of allylic oxidation sites excluding steroid dienone is 2. The maximum atomic E-state index is 5.21. The highest BCUT2D eigenvalue weighted by Crippen LogP contribution is 2.31. The topological polar surface area (TPSA) is 12.5 Å². The van der Waals surface area contributed by atoms with Crippen molar-refractivity contribution in [3.63, 3.8) is 0 Å². The molecule has 1 heterocycles. The van der Waals surface area contributed by atoms with Crippen molar-refractivity contribution in [1.82, 2.24) is 4.90 Å². The zero-order valence-electron chi connectivity index (χ0n) is 11.7. The lowest BCUT2D eigenvalue weighted by molar-refractivity contribution is 0.393. The Bertz CT molecular complexity index is 476. The summed E-state index contributed by atoms with van der Waals surface area (Å²) >= 11 is 0. The van der Waals surface area contributed by atoms with Gasteiger partial charge in [0.1, 0.15) is 5.75 Å². The Hall–Kier alpha value is -1.27. The van der Waals surface area contributed by atoms with Crippen LogP contribution in [0, 0.1) is 0 Å². The van der Waals surface area contributed by atoms with Crippen molar-refractivity contribution in [2.75, 3.05) is 20.2 Å². The normalized spacial score (nSPS) is 15.0. The number of benzene rings is 1. The molecule has 0 amide bonds. The number of hydrogen-bond donors (Lipinski definition) is 0. The number of hydrogen-bond acceptors (Lipinski definition) is 2. The molecule has 0 saturated carbocycles. The second-order valence-electron chi connectivity index (χ2n) is 4.73. The molecule has 0 aromatic heterocycles. The van der Waals surface area contributed by atoms with Gasteiger partial charge in [-0.2, -0.15) is 0 Å². The predicted octanol–water partition coefficient (Wildman–Crippen LogP) is 3.91. The van der Waals surface area contributed by atoms with Gasteiger partial charge in [0.15, 0.2) is 0 Å². The van der Waals surface area contributed by atoms with Crippen molar-refractivity contribution in [1.29, 1.82) is 0 Å². The molecule has 0 bridgehead atoms.